The summed E-state index contributed by atoms with van der Waals surface area (Å²) >= 11 is 0. The van der Waals surface area contributed by atoms with Gasteiger partial charge in [0.1, 0.15) is 11.6 Å². The van der Waals surface area contributed by atoms with Gasteiger partial charge in [0.2, 0.25) is 0 Å². The second-order valence-electron chi connectivity index (χ2n) is 4.41. The van der Waals surface area contributed by atoms with Crippen molar-refractivity contribution in [3.05, 3.63) is 25.3 Å². The Hall–Kier alpha value is -0.790. The van der Waals surface area contributed by atoms with E-state index in [0.29, 0.717) is 4.90 Å². The smallest absolute Gasteiger partial charge is 0.346 e. The van der Waals surface area contributed by atoms with Gasteiger partial charge in [0.05, 0.1) is 5.92 Å². The molecule has 0 aliphatic heterocycles. The van der Waals surface area contributed by atoms with Crippen molar-refractivity contribution in [2.75, 3.05) is 6.54 Å². The van der Waals surface area contributed by atoms with E-state index in [2.05, 4.69) is 13.2 Å². The van der Waals surface area contributed by atoms with Crippen LogP contribution in [0.1, 0.15) is 6.92 Å². The third kappa shape index (κ3) is 5.84. The SMILES string of the molecule is C=CC(N(CC(C)C(=O)O)C(C=C)P(=O)(O)O)P(=O)(O)O. The van der Waals surface area contributed by atoms with Crippen molar-refractivity contribution in [1.82, 2.24) is 4.90 Å². The first-order valence-electron chi connectivity index (χ1n) is 5.70. The van der Waals surface area contributed by atoms with Crippen molar-refractivity contribution < 1.29 is 38.6 Å². The van der Waals surface area contributed by atoms with Crippen LogP contribution in [0.4, 0.5) is 0 Å². The molecule has 0 heterocycles. The largest absolute Gasteiger partial charge is 0.481 e. The molecule has 0 saturated heterocycles. The summed E-state index contributed by atoms with van der Waals surface area (Å²) in [6.07, 6.45) is 1.64. The first-order valence-corrected chi connectivity index (χ1v) is 9.06. The third-order valence-corrected chi connectivity index (χ3v) is 5.09. The summed E-state index contributed by atoms with van der Waals surface area (Å²) in [4.78, 5) is 48.7. The van der Waals surface area contributed by atoms with Gasteiger partial charge in [0.25, 0.3) is 0 Å². The zero-order valence-electron chi connectivity index (χ0n) is 11.3. The maximum Gasteiger partial charge on any atom is 0.346 e. The third-order valence-electron chi connectivity index (χ3n) is 2.70. The van der Waals surface area contributed by atoms with Gasteiger partial charge < -0.3 is 24.7 Å². The van der Waals surface area contributed by atoms with E-state index in [1.807, 2.05) is 0 Å². The van der Waals surface area contributed by atoms with Gasteiger partial charge in [-0.3, -0.25) is 18.8 Å². The van der Waals surface area contributed by atoms with E-state index >= 15 is 0 Å². The standard InChI is InChI=1S/C10H19NO8P2/c1-4-8(20(14,15)16)11(6-7(3)10(12)13)9(5-2)21(17,18)19/h4-5,7-9H,1-2,6H2,3H3,(H,12,13)(H2,14,15,16)(H2,17,18,19). The molecule has 122 valence electrons. The lowest BCUT2D eigenvalue weighted by Crippen LogP contribution is -2.44. The van der Waals surface area contributed by atoms with E-state index < -0.39 is 45.2 Å². The molecule has 11 heteroatoms. The summed E-state index contributed by atoms with van der Waals surface area (Å²) < 4.78 is 22.9. The Labute approximate surface area is 121 Å². The van der Waals surface area contributed by atoms with Crippen molar-refractivity contribution in [3.63, 3.8) is 0 Å². The molecule has 21 heavy (non-hydrogen) atoms. The molecule has 0 radical (unpaired) electrons. The topological polar surface area (TPSA) is 156 Å². The Kier molecular flexibility index (Phi) is 7.19. The molecular formula is C10H19NO8P2. The zero-order valence-corrected chi connectivity index (χ0v) is 13.1. The summed E-state index contributed by atoms with van der Waals surface area (Å²) in [6, 6.07) is 0. The molecule has 0 aliphatic rings. The van der Waals surface area contributed by atoms with E-state index in [9.17, 15) is 33.5 Å². The van der Waals surface area contributed by atoms with E-state index in [-0.39, 0.29) is 0 Å². The molecule has 0 aromatic rings. The average molecular weight is 343 g/mol. The van der Waals surface area contributed by atoms with Crippen LogP contribution >= 0.6 is 15.2 Å². The number of hydrogen-bond donors (Lipinski definition) is 5. The molecule has 0 spiro atoms. The quantitative estimate of drug-likeness (QED) is 0.295. The van der Waals surface area contributed by atoms with Crippen LogP contribution in [0.25, 0.3) is 0 Å². The molecule has 5 N–H and O–H groups in total. The van der Waals surface area contributed by atoms with Gasteiger partial charge in [0.15, 0.2) is 0 Å². The molecule has 0 aromatic carbocycles. The van der Waals surface area contributed by atoms with Crippen LogP contribution in [0.15, 0.2) is 25.3 Å². The average Bonchev–Trinajstić information content (AvgIpc) is 2.26. The molecule has 0 aromatic heterocycles. The van der Waals surface area contributed by atoms with Crippen LogP contribution in [-0.4, -0.2) is 53.7 Å². The van der Waals surface area contributed by atoms with Crippen LogP contribution in [0, 0.1) is 5.92 Å². The lowest BCUT2D eigenvalue weighted by molar-refractivity contribution is -0.141. The Balaban J connectivity index is 5.81. The Morgan fingerprint density at radius 2 is 1.43 bits per heavy atom. The predicted molar refractivity (Wildman–Crippen MR) is 75.6 cm³/mol. The lowest BCUT2D eigenvalue weighted by Gasteiger charge is -2.36. The Morgan fingerprint density at radius 3 is 1.62 bits per heavy atom. The molecule has 0 fully saturated rings. The van der Waals surface area contributed by atoms with Gasteiger partial charge in [-0.15, -0.1) is 13.2 Å². The van der Waals surface area contributed by atoms with Crippen molar-refractivity contribution in [2.24, 2.45) is 5.92 Å². The van der Waals surface area contributed by atoms with Crippen molar-refractivity contribution in [3.8, 4) is 0 Å². The highest BCUT2D eigenvalue weighted by Crippen LogP contribution is 2.51. The first kappa shape index (κ1) is 20.2. The van der Waals surface area contributed by atoms with Gasteiger partial charge >= 0.3 is 21.2 Å². The molecule has 0 bridgehead atoms. The second kappa shape index (κ2) is 7.47. The summed E-state index contributed by atoms with van der Waals surface area (Å²) in [7, 11) is -9.66. The summed E-state index contributed by atoms with van der Waals surface area (Å²) in [5.74, 6) is -5.88. The molecule has 0 aliphatic carbocycles. The Bertz CT molecular complexity index is 461. The Morgan fingerprint density at radius 1 is 1.10 bits per heavy atom. The van der Waals surface area contributed by atoms with E-state index in [0.717, 1.165) is 12.2 Å². The summed E-state index contributed by atoms with van der Waals surface area (Å²) in [5.41, 5.74) is 0. The molecule has 0 saturated carbocycles. The number of carboxylic acid groups (broad SMARTS) is 1. The number of carboxylic acids is 1. The number of hydrogen-bond acceptors (Lipinski definition) is 4. The monoisotopic (exact) mass is 343 g/mol. The fourth-order valence-electron chi connectivity index (χ4n) is 1.70. The number of aliphatic carboxylic acids is 1. The fraction of sp³-hybridized carbons (Fsp3) is 0.500. The van der Waals surface area contributed by atoms with Crippen LogP contribution in [0.3, 0.4) is 0 Å². The highest BCUT2D eigenvalue weighted by molar-refractivity contribution is 7.53. The first-order chi connectivity index (χ1) is 9.36. The molecule has 0 amide bonds. The van der Waals surface area contributed by atoms with Gasteiger partial charge in [-0.05, 0) is 0 Å². The van der Waals surface area contributed by atoms with Gasteiger partial charge in [0, 0.05) is 6.54 Å². The van der Waals surface area contributed by atoms with Crippen LogP contribution < -0.4 is 0 Å². The predicted octanol–water partition coefficient (Wildman–Crippen LogP) is 0.389. The lowest BCUT2D eigenvalue weighted by atomic mass is 10.1. The molecule has 3 unspecified atom stereocenters. The number of carbonyl (C=O) groups is 1. The number of rotatable bonds is 9. The molecular weight excluding hydrogens is 324 g/mol. The van der Waals surface area contributed by atoms with E-state index in [1.165, 1.54) is 6.92 Å². The van der Waals surface area contributed by atoms with Crippen molar-refractivity contribution in [1.29, 1.82) is 0 Å². The minimum absolute atomic E-state index is 0.501. The van der Waals surface area contributed by atoms with Crippen LogP contribution in [0.5, 0.6) is 0 Å². The second-order valence-corrected chi connectivity index (χ2v) is 7.83. The van der Waals surface area contributed by atoms with E-state index in [4.69, 9.17) is 5.11 Å². The number of nitrogens with zero attached hydrogens (tertiary/aromatic N) is 1. The maximum atomic E-state index is 11.4. The van der Waals surface area contributed by atoms with Gasteiger partial charge in [-0.2, -0.15) is 0 Å². The molecule has 9 nitrogen and oxygen atoms in total. The minimum atomic E-state index is -4.83. The van der Waals surface area contributed by atoms with Crippen molar-refractivity contribution >= 4 is 21.2 Å². The maximum absolute atomic E-state index is 11.4. The molecule has 3 atom stereocenters. The fourth-order valence-corrected chi connectivity index (χ4v) is 3.60. The zero-order chi connectivity index (χ0) is 17.0. The summed E-state index contributed by atoms with van der Waals surface area (Å²) in [6.45, 7) is 7.21. The van der Waals surface area contributed by atoms with Gasteiger partial charge in [-0.1, -0.05) is 19.1 Å². The highest BCUT2D eigenvalue weighted by Gasteiger charge is 2.42. The van der Waals surface area contributed by atoms with Crippen molar-refractivity contribution in [2.45, 2.75) is 18.5 Å². The summed E-state index contributed by atoms with van der Waals surface area (Å²) in [5, 5.41) is 8.88. The van der Waals surface area contributed by atoms with Crippen LogP contribution in [-0.2, 0) is 13.9 Å². The highest BCUT2D eigenvalue weighted by atomic mass is 31.2. The molecule has 0 rings (SSSR count). The van der Waals surface area contributed by atoms with Crippen LogP contribution in [0.2, 0.25) is 0 Å². The van der Waals surface area contributed by atoms with Gasteiger partial charge in [-0.25, -0.2) is 0 Å². The normalized spacial score (nSPS) is 17.0. The van der Waals surface area contributed by atoms with E-state index in [1.54, 1.807) is 0 Å². The minimum Gasteiger partial charge on any atom is -0.481 e.